The van der Waals surface area contributed by atoms with E-state index in [1.165, 1.54) is 11.8 Å². The van der Waals surface area contributed by atoms with Crippen molar-refractivity contribution in [2.45, 2.75) is 24.8 Å². The van der Waals surface area contributed by atoms with Crippen LogP contribution in [-0.4, -0.2) is 32.9 Å². The molecular weight excluding hydrogens is 392 g/mol. The van der Waals surface area contributed by atoms with Crippen molar-refractivity contribution in [2.24, 2.45) is 0 Å². The summed E-state index contributed by atoms with van der Waals surface area (Å²) in [5.74, 6) is -0.423. The standard InChI is InChI=1S/C18H21ClN2O3S2/c1-12-9-10-14(11-15(12)19)21(26(4,23)24)13(2)18(22)20-16-7-5-6-8-17(16)25-3/h5-11,13H,1-4H3,(H,20,22)/t13-/m0/s1. The van der Waals surface area contributed by atoms with E-state index in [9.17, 15) is 13.2 Å². The SMILES string of the molecule is CSc1ccccc1NC(=O)[C@H](C)N(c1ccc(C)c(Cl)c1)S(C)(=O)=O. The molecule has 2 aromatic rings. The molecule has 0 aromatic heterocycles. The van der Waals surface area contributed by atoms with E-state index in [4.69, 9.17) is 11.6 Å². The summed E-state index contributed by atoms with van der Waals surface area (Å²) in [6, 6.07) is 11.3. The number of hydrogen-bond donors (Lipinski definition) is 1. The molecule has 0 aliphatic heterocycles. The van der Waals surface area contributed by atoms with E-state index in [-0.39, 0.29) is 0 Å². The molecule has 26 heavy (non-hydrogen) atoms. The van der Waals surface area contributed by atoms with Gasteiger partial charge in [0.25, 0.3) is 0 Å². The first-order valence-electron chi connectivity index (χ1n) is 7.84. The number of carbonyl (C=O) groups excluding carboxylic acids is 1. The van der Waals surface area contributed by atoms with Crippen LogP contribution in [0.15, 0.2) is 47.4 Å². The number of thioether (sulfide) groups is 1. The van der Waals surface area contributed by atoms with E-state index in [1.54, 1.807) is 31.2 Å². The average Bonchev–Trinajstić information content (AvgIpc) is 2.57. The predicted molar refractivity (Wildman–Crippen MR) is 110 cm³/mol. The monoisotopic (exact) mass is 412 g/mol. The van der Waals surface area contributed by atoms with Crippen LogP contribution in [0.4, 0.5) is 11.4 Å². The Morgan fingerprint density at radius 1 is 1.23 bits per heavy atom. The van der Waals surface area contributed by atoms with Crippen LogP contribution in [0.2, 0.25) is 5.02 Å². The molecule has 0 heterocycles. The lowest BCUT2D eigenvalue weighted by molar-refractivity contribution is -0.116. The fourth-order valence-electron chi connectivity index (χ4n) is 2.51. The molecule has 0 spiro atoms. The van der Waals surface area contributed by atoms with Crippen LogP contribution >= 0.6 is 23.4 Å². The Morgan fingerprint density at radius 2 is 1.88 bits per heavy atom. The molecule has 0 aliphatic rings. The summed E-state index contributed by atoms with van der Waals surface area (Å²) < 4.78 is 25.8. The third-order valence-corrected chi connectivity index (χ3v) is 6.31. The molecule has 1 amide bonds. The minimum Gasteiger partial charge on any atom is -0.323 e. The Balaban J connectivity index is 2.36. The van der Waals surface area contributed by atoms with Gasteiger partial charge in [0.1, 0.15) is 6.04 Å². The van der Waals surface area contributed by atoms with Crippen molar-refractivity contribution in [3.63, 3.8) is 0 Å². The summed E-state index contributed by atoms with van der Waals surface area (Å²) >= 11 is 7.64. The highest BCUT2D eigenvalue weighted by Gasteiger charge is 2.29. The van der Waals surface area contributed by atoms with Gasteiger partial charge >= 0.3 is 0 Å². The molecule has 1 N–H and O–H groups in total. The third kappa shape index (κ3) is 4.72. The zero-order valence-electron chi connectivity index (χ0n) is 15.0. The summed E-state index contributed by atoms with van der Waals surface area (Å²) in [6.45, 7) is 3.37. The maximum absolute atomic E-state index is 12.7. The molecule has 0 radical (unpaired) electrons. The predicted octanol–water partition coefficient (Wildman–Crippen LogP) is 4.16. The number of nitrogens with zero attached hydrogens (tertiary/aromatic N) is 1. The van der Waals surface area contributed by atoms with Gasteiger partial charge in [-0.05, 0) is 49.9 Å². The smallest absolute Gasteiger partial charge is 0.248 e. The number of anilines is 2. The molecule has 2 aromatic carbocycles. The molecule has 0 unspecified atom stereocenters. The van der Waals surface area contributed by atoms with Gasteiger partial charge in [0, 0.05) is 9.92 Å². The third-order valence-electron chi connectivity index (χ3n) is 3.86. The maximum Gasteiger partial charge on any atom is 0.248 e. The molecule has 2 rings (SSSR count). The quantitative estimate of drug-likeness (QED) is 0.723. The molecule has 0 aliphatic carbocycles. The van der Waals surface area contributed by atoms with Crippen molar-refractivity contribution in [2.75, 3.05) is 22.1 Å². The van der Waals surface area contributed by atoms with Crippen molar-refractivity contribution in [1.82, 2.24) is 0 Å². The zero-order chi connectivity index (χ0) is 19.5. The number of aryl methyl sites for hydroxylation is 1. The second-order valence-electron chi connectivity index (χ2n) is 5.86. The van der Waals surface area contributed by atoms with Crippen LogP contribution in [-0.2, 0) is 14.8 Å². The van der Waals surface area contributed by atoms with Gasteiger partial charge in [-0.25, -0.2) is 8.42 Å². The average molecular weight is 413 g/mol. The lowest BCUT2D eigenvalue weighted by atomic mass is 10.2. The summed E-state index contributed by atoms with van der Waals surface area (Å²) in [5, 5.41) is 3.25. The molecule has 0 bridgehead atoms. The first kappa shape index (κ1) is 20.6. The highest BCUT2D eigenvalue weighted by Crippen LogP contribution is 2.28. The normalized spacial score (nSPS) is 12.5. The Kier molecular flexibility index (Phi) is 6.60. The second kappa shape index (κ2) is 8.33. The fraction of sp³-hybridized carbons (Fsp3) is 0.278. The van der Waals surface area contributed by atoms with E-state index in [0.29, 0.717) is 16.4 Å². The highest BCUT2D eigenvalue weighted by molar-refractivity contribution is 7.98. The Morgan fingerprint density at radius 3 is 2.46 bits per heavy atom. The van der Waals surface area contributed by atoms with Crippen molar-refractivity contribution >= 4 is 50.7 Å². The van der Waals surface area contributed by atoms with Gasteiger partial charge in [-0.15, -0.1) is 11.8 Å². The number of hydrogen-bond acceptors (Lipinski definition) is 4. The molecule has 5 nitrogen and oxygen atoms in total. The lowest BCUT2D eigenvalue weighted by Crippen LogP contribution is -2.45. The number of sulfonamides is 1. The van der Waals surface area contributed by atoms with Crippen molar-refractivity contribution in [1.29, 1.82) is 0 Å². The van der Waals surface area contributed by atoms with Gasteiger partial charge in [0.15, 0.2) is 0 Å². The first-order valence-corrected chi connectivity index (χ1v) is 11.3. The van der Waals surface area contributed by atoms with E-state index in [0.717, 1.165) is 21.0 Å². The van der Waals surface area contributed by atoms with Crippen molar-refractivity contribution in [3.8, 4) is 0 Å². The largest absolute Gasteiger partial charge is 0.323 e. The minimum atomic E-state index is -3.69. The number of rotatable bonds is 6. The summed E-state index contributed by atoms with van der Waals surface area (Å²) in [6.07, 6.45) is 2.98. The number of halogens is 1. The Labute approximate surface area is 163 Å². The Hall–Kier alpha value is -1.70. The zero-order valence-corrected chi connectivity index (χ0v) is 17.4. The highest BCUT2D eigenvalue weighted by atomic mass is 35.5. The van der Waals surface area contributed by atoms with Crippen LogP contribution in [0.3, 0.4) is 0 Å². The lowest BCUT2D eigenvalue weighted by Gasteiger charge is -2.28. The van der Waals surface area contributed by atoms with Crippen LogP contribution in [0.5, 0.6) is 0 Å². The summed E-state index contributed by atoms with van der Waals surface area (Å²) in [4.78, 5) is 13.6. The molecule has 8 heteroatoms. The fourth-order valence-corrected chi connectivity index (χ4v) is 4.41. The molecule has 0 saturated carbocycles. The number of carbonyl (C=O) groups is 1. The van der Waals surface area contributed by atoms with Crippen LogP contribution < -0.4 is 9.62 Å². The van der Waals surface area contributed by atoms with Crippen LogP contribution in [0.25, 0.3) is 0 Å². The molecular formula is C18H21ClN2O3S2. The van der Waals surface area contributed by atoms with Gasteiger partial charge in [0.2, 0.25) is 15.9 Å². The minimum absolute atomic E-state index is 0.351. The van der Waals surface area contributed by atoms with Gasteiger partial charge in [0.05, 0.1) is 17.6 Å². The van der Waals surface area contributed by atoms with Gasteiger partial charge in [-0.3, -0.25) is 9.10 Å². The Bertz CT molecular complexity index is 916. The number of benzene rings is 2. The van der Waals surface area contributed by atoms with E-state index < -0.39 is 22.0 Å². The number of para-hydroxylation sites is 1. The van der Waals surface area contributed by atoms with Gasteiger partial charge < -0.3 is 5.32 Å². The topological polar surface area (TPSA) is 66.5 Å². The number of amides is 1. The van der Waals surface area contributed by atoms with Crippen molar-refractivity contribution in [3.05, 3.63) is 53.1 Å². The van der Waals surface area contributed by atoms with E-state index in [1.807, 2.05) is 31.4 Å². The molecule has 1 atom stereocenters. The van der Waals surface area contributed by atoms with E-state index in [2.05, 4.69) is 5.32 Å². The summed E-state index contributed by atoms with van der Waals surface area (Å²) in [7, 11) is -3.69. The molecule has 140 valence electrons. The van der Waals surface area contributed by atoms with E-state index >= 15 is 0 Å². The van der Waals surface area contributed by atoms with Gasteiger partial charge in [-0.2, -0.15) is 0 Å². The maximum atomic E-state index is 12.7. The second-order valence-corrected chi connectivity index (χ2v) is 8.97. The first-order chi connectivity index (χ1) is 12.1. The number of nitrogens with one attached hydrogen (secondary N) is 1. The van der Waals surface area contributed by atoms with Crippen LogP contribution in [0, 0.1) is 6.92 Å². The van der Waals surface area contributed by atoms with Crippen LogP contribution in [0.1, 0.15) is 12.5 Å². The van der Waals surface area contributed by atoms with Gasteiger partial charge in [-0.1, -0.05) is 29.8 Å². The van der Waals surface area contributed by atoms with Crippen molar-refractivity contribution < 1.29 is 13.2 Å². The molecule has 0 saturated heterocycles. The molecule has 0 fully saturated rings. The summed E-state index contributed by atoms with van der Waals surface area (Å²) in [5.41, 5.74) is 1.83.